The number of rotatable bonds is 2. The van der Waals surface area contributed by atoms with E-state index in [1.807, 2.05) is 18.2 Å². The number of nitrogen functional groups attached to an aromatic ring is 1. The van der Waals surface area contributed by atoms with Crippen LogP contribution in [0.25, 0.3) is 5.69 Å². The molecule has 0 aliphatic rings. The normalized spacial score (nSPS) is 10.5. The average molecular weight is 201 g/mol. The van der Waals surface area contributed by atoms with Crippen LogP contribution in [0.1, 0.15) is 18.2 Å². The summed E-state index contributed by atoms with van der Waals surface area (Å²) in [5.41, 5.74) is 9.16. The van der Waals surface area contributed by atoms with E-state index in [4.69, 9.17) is 5.73 Å². The smallest absolute Gasteiger partial charge is 0.127 e. The predicted octanol–water partition coefficient (Wildman–Crippen LogP) is 2.33. The molecule has 0 unspecified atom stereocenters. The molecule has 0 saturated carbocycles. The van der Waals surface area contributed by atoms with Crippen LogP contribution in [-0.4, -0.2) is 9.78 Å². The fraction of sp³-hybridized carbons (Fsp3) is 0.250. The number of nitrogens with two attached hydrogens (primary N) is 1. The Labute approximate surface area is 89.5 Å². The maximum Gasteiger partial charge on any atom is 0.127 e. The van der Waals surface area contributed by atoms with Gasteiger partial charge in [-0.2, -0.15) is 5.10 Å². The highest BCUT2D eigenvalue weighted by Crippen LogP contribution is 2.15. The number of hydrogen-bond acceptors (Lipinski definition) is 2. The lowest BCUT2D eigenvalue weighted by Crippen LogP contribution is -2.01. The van der Waals surface area contributed by atoms with Gasteiger partial charge in [0, 0.05) is 6.07 Å². The molecule has 1 aromatic heterocycles. The fourth-order valence-electron chi connectivity index (χ4n) is 1.51. The first-order valence-electron chi connectivity index (χ1n) is 5.12. The molecule has 0 saturated heterocycles. The van der Waals surface area contributed by atoms with Gasteiger partial charge in [0.2, 0.25) is 0 Å². The number of anilines is 1. The lowest BCUT2D eigenvalue weighted by atomic mass is 10.2. The van der Waals surface area contributed by atoms with Crippen molar-refractivity contribution in [3.05, 3.63) is 41.6 Å². The third-order valence-electron chi connectivity index (χ3n) is 2.43. The van der Waals surface area contributed by atoms with Gasteiger partial charge in [-0.15, -0.1) is 0 Å². The molecule has 1 aromatic carbocycles. The minimum absolute atomic E-state index is 0.690. The third-order valence-corrected chi connectivity index (χ3v) is 2.43. The van der Waals surface area contributed by atoms with E-state index in [-0.39, 0.29) is 0 Å². The second kappa shape index (κ2) is 3.77. The van der Waals surface area contributed by atoms with Crippen molar-refractivity contribution < 1.29 is 0 Å². The van der Waals surface area contributed by atoms with Crippen molar-refractivity contribution in [2.45, 2.75) is 20.3 Å². The molecule has 0 aliphatic heterocycles. The first-order valence-corrected chi connectivity index (χ1v) is 5.12. The number of nitrogens with zero attached hydrogens (tertiary/aromatic N) is 2. The van der Waals surface area contributed by atoms with Crippen LogP contribution in [0.3, 0.4) is 0 Å². The molecule has 2 aromatic rings. The Bertz CT molecular complexity index is 454. The molecule has 1 heterocycles. The zero-order valence-electron chi connectivity index (χ0n) is 9.07. The van der Waals surface area contributed by atoms with E-state index < -0.39 is 0 Å². The molecule has 0 radical (unpaired) electrons. The first-order chi connectivity index (χ1) is 7.20. The summed E-state index contributed by atoms with van der Waals surface area (Å²) < 4.78 is 1.78. The Morgan fingerprint density at radius 1 is 1.27 bits per heavy atom. The molecule has 2 N–H and O–H groups in total. The van der Waals surface area contributed by atoms with Gasteiger partial charge in [-0.25, -0.2) is 4.68 Å². The molecule has 0 fully saturated rings. The Balaban J connectivity index is 2.44. The minimum Gasteiger partial charge on any atom is -0.384 e. The van der Waals surface area contributed by atoms with Crippen LogP contribution in [-0.2, 0) is 6.42 Å². The summed E-state index contributed by atoms with van der Waals surface area (Å²) in [7, 11) is 0. The lowest BCUT2D eigenvalue weighted by Gasteiger charge is -2.03. The summed E-state index contributed by atoms with van der Waals surface area (Å²) in [5, 5.41) is 4.42. The average Bonchev–Trinajstić information content (AvgIpc) is 2.61. The standard InChI is InChI=1S/C12H15N3/c1-3-10-8-12(13)15(14-10)11-6-4-9(2)5-7-11/h4-8H,3,13H2,1-2H3. The Morgan fingerprint density at radius 3 is 2.47 bits per heavy atom. The van der Waals surface area contributed by atoms with Gasteiger partial charge in [0.25, 0.3) is 0 Å². The Morgan fingerprint density at radius 2 is 1.93 bits per heavy atom. The van der Waals surface area contributed by atoms with E-state index in [2.05, 4.69) is 31.1 Å². The highest BCUT2D eigenvalue weighted by molar-refractivity contribution is 5.43. The second-order valence-electron chi connectivity index (χ2n) is 3.66. The molecule has 2 rings (SSSR count). The van der Waals surface area contributed by atoms with Crippen LogP contribution in [0.2, 0.25) is 0 Å². The van der Waals surface area contributed by atoms with Gasteiger partial charge < -0.3 is 5.73 Å². The van der Waals surface area contributed by atoms with Gasteiger partial charge in [-0.05, 0) is 25.5 Å². The summed E-state index contributed by atoms with van der Waals surface area (Å²) >= 11 is 0. The van der Waals surface area contributed by atoms with Gasteiger partial charge in [0.05, 0.1) is 11.4 Å². The first kappa shape index (κ1) is 9.77. The van der Waals surface area contributed by atoms with Crippen LogP contribution in [0.15, 0.2) is 30.3 Å². The quantitative estimate of drug-likeness (QED) is 0.810. The van der Waals surface area contributed by atoms with Crippen molar-refractivity contribution >= 4 is 5.82 Å². The summed E-state index contributed by atoms with van der Waals surface area (Å²) in [4.78, 5) is 0. The molecular formula is C12H15N3. The largest absolute Gasteiger partial charge is 0.384 e. The van der Waals surface area contributed by atoms with Gasteiger partial charge in [-0.3, -0.25) is 0 Å². The summed E-state index contributed by atoms with van der Waals surface area (Å²) in [6.07, 6.45) is 0.906. The zero-order valence-corrected chi connectivity index (χ0v) is 9.07. The lowest BCUT2D eigenvalue weighted by molar-refractivity contribution is 0.849. The summed E-state index contributed by atoms with van der Waals surface area (Å²) in [5.74, 6) is 0.690. The molecule has 0 spiro atoms. The van der Waals surface area contributed by atoms with Crippen molar-refractivity contribution in [1.29, 1.82) is 0 Å². The summed E-state index contributed by atoms with van der Waals surface area (Å²) in [6.45, 7) is 4.13. The van der Waals surface area contributed by atoms with Crippen molar-refractivity contribution in [3.8, 4) is 5.69 Å². The van der Waals surface area contributed by atoms with Crippen molar-refractivity contribution in [2.75, 3.05) is 5.73 Å². The van der Waals surface area contributed by atoms with Crippen molar-refractivity contribution in [3.63, 3.8) is 0 Å². The van der Waals surface area contributed by atoms with E-state index in [0.29, 0.717) is 5.82 Å². The van der Waals surface area contributed by atoms with Gasteiger partial charge >= 0.3 is 0 Å². The highest BCUT2D eigenvalue weighted by Gasteiger charge is 2.04. The van der Waals surface area contributed by atoms with Crippen LogP contribution >= 0.6 is 0 Å². The maximum absolute atomic E-state index is 5.89. The maximum atomic E-state index is 5.89. The molecule has 3 nitrogen and oxygen atoms in total. The minimum atomic E-state index is 0.690. The number of benzene rings is 1. The number of hydrogen-bond donors (Lipinski definition) is 1. The predicted molar refractivity (Wildman–Crippen MR) is 62.1 cm³/mol. The van der Waals surface area contributed by atoms with Crippen LogP contribution in [0.5, 0.6) is 0 Å². The van der Waals surface area contributed by atoms with E-state index in [1.54, 1.807) is 4.68 Å². The van der Waals surface area contributed by atoms with Gasteiger partial charge in [-0.1, -0.05) is 24.6 Å². The Hall–Kier alpha value is -1.77. The highest BCUT2D eigenvalue weighted by atomic mass is 15.3. The molecule has 0 bridgehead atoms. The molecule has 3 heteroatoms. The topological polar surface area (TPSA) is 43.8 Å². The third kappa shape index (κ3) is 1.86. The van der Waals surface area contributed by atoms with Gasteiger partial charge in [0.15, 0.2) is 0 Å². The molecule has 15 heavy (non-hydrogen) atoms. The Kier molecular flexibility index (Phi) is 2.46. The van der Waals surface area contributed by atoms with Gasteiger partial charge in [0.1, 0.15) is 5.82 Å². The van der Waals surface area contributed by atoms with Crippen molar-refractivity contribution in [2.24, 2.45) is 0 Å². The van der Waals surface area contributed by atoms with E-state index in [1.165, 1.54) is 5.56 Å². The van der Waals surface area contributed by atoms with E-state index >= 15 is 0 Å². The van der Waals surface area contributed by atoms with Crippen LogP contribution in [0.4, 0.5) is 5.82 Å². The molecule has 0 amide bonds. The zero-order chi connectivity index (χ0) is 10.8. The molecular weight excluding hydrogens is 186 g/mol. The molecule has 78 valence electrons. The molecule has 0 aliphatic carbocycles. The summed E-state index contributed by atoms with van der Waals surface area (Å²) in [6, 6.07) is 10.1. The number of aromatic nitrogens is 2. The fourth-order valence-corrected chi connectivity index (χ4v) is 1.51. The number of aryl methyl sites for hydroxylation is 2. The van der Waals surface area contributed by atoms with Crippen molar-refractivity contribution in [1.82, 2.24) is 9.78 Å². The monoisotopic (exact) mass is 201 g/mol. The second-order valence-corrected chi connectivity index (χ2v) is 3.66. The van der Waals surface area contributed by atoms with E-state index in [9.17, 15) is 0 Å². The van der Waals surface area contributed by atoms with Crippen LogP contribution < -0.4 is 5.73 Å². The van der Waals surface area contributed by atoms with Crippen LogP contribution in [0, 0.1) is 6.92 Å². The molecule has 0 atom stereocenters. The SMILES string of the molecule is CCc1cc(N)n(-c2ccc(C)cc2)n1. The van der Waals surface area contributed by atoms with E-state index in [0.717, 1.165) is 17.8 Å².